The lowest BCUT2D eigenvalue weighted by Gasteiger charge is -2.46. The predicted molar refractivity (Wildman–Crippen MR) is 89.0 cm³/mol. The van der Waals surface area contributed by atoms with Crippen molar-refractivity contribution in [1.82, 2.24) is 0 Å². The number of ether oxygens (including phenoxy) is 3. The molecule has 1 aromatic carbocycles. The summed E-state index contributed by atoms with van der Waals surface area (Å²) in [7, 11) is 1.73. The smallest absolute Gasteiger partial charge is 0.302 e. The van der Waals surface area contributed by atoms with Gasteiger partial charge in [0.15, 0.2) is 0 Å². The van der Waals surface area contributed by atoms with Crippen molar-refractivity contribution in [3.05, 3.63) is 35.9 Å². The zero-order valence-corrected chi connectivity index (χ0v) is 14.6. The average Bonchev–Trinajstić information content (AvgIpc) is 2.50. The Balaban J connectivity index is 2.02. The standard InChI is InChI=1S/C19H28O4/c1-14(20)23-17-10-11-19(2,3)18(21-4)16(17)13-22-12-15-8-6-5-7-9-15/h5-9,16-18H,10-13H2,1-4H3. The zero-order valence-electron chi connectivity index (χ0n) is 14.6. The number of rotatable bonds is 6. The third-order valence-corrected chi connectivity index (χ3v) is 4.70. The van der Waals surface area contributed by atoms with Gasteiger partial charge in [-0.25, -0.2) is 0 Å². The molecule has 0 N–H and O–H groups in total. The van der Waals surface area contributed by atoms with Crippen LogP contribution in [0.15, 0.2) is 30.3 Å². The molecule has 0 bridgehead atoms. The van der Waals surface area contributed by atoms with Crippen LogP contribution in [-0.2, 0) is 25.6 Å². The van der Waals surface area contributed by atoms with Crippen LogP contribution >= 0.6 is 0 Å². The lowest BCUT2D eigenvalue weighted by atomic mass is 9.68. The Morgan fingerprint density at radius 2 is 1.96 bits per heavy atom. The summed E-state index contributed by atoms with van der Waals surface area (Å²) < 4.78 is 17.2. The molecule has 0 spiro atoms. The summed E-state index contributed by atoms with van der Waals surface area (Å²) in [5.74, 6) is -0.186. The summed E-state index contributed by atoms with van der Waals surface area (Å²) in [6.45, 7) is 6.95. The second-order valence-corrected chi connectivity index (χ2v) is 7.00. The van der Waals surface area contributed by atoms with E-state index in [0.29, 0.717) is 13.2 Å². The highest BCUT2D eigenvalue weighted by atomic mass is 16.5. The van der Waals surface area contributed by atoms with Crippen molar-refractivity contribution in [2.75, 3.05) is 13.7 Å². The van der Waals surface area contributed by atoms with E-state index in [1.165, 1.54) is 6.92 Å². The summed E-state index contributed by atoms with van der Waals surface area (Å²) in [6, 6.07) is 10.1. The van der Waals surface area contributed by atoms with E-state index in [4.69, 9.17) is 14.2 Å². The fourth-order valence-corrected chi connectivity index (χ4v) is 3.58. The second-order valence-electron chi connectivity index (χ2n) is 7.00. The van der Waals surface area contributed by atoms with Crippen molar-refractivity contribution < 1.29 is 19.0 Å². The van der Waals surface area contributed by atoms with E-state index >= 15 is 0 Å². The Hall–Kier alpha value is -1.39. The highest BCUT2D eigenvalue weighted by molar-refractivity contribution is 5.66. The van der Waals surface area contributed by atoms with E-state index in [2.05, 4.69) is 13.8 Å². The van der Waals surface area contributed by atoms with Crippen LogP contribution < -0.4 is 0 Å². The molecular formula is C19H28O4. The van der Waals surface area contributed by atoms with E-state index < -0.39 is 0 Å². The molecule has 2 rings (SSSR count). The quantitative estimate of drug-likeness (QED) is 0.752. The average molecular weight is 320 g/mol. The van der Waals surface area contributed by atoms with Gasteiger partial charge in [-0.2, -0.15) is 0 Å². The van der Waals surface area contributed by atoms with Crippen molar-refractivity contribution in [3.8, 4) is 0 Å². The van der Waals surface area contributed by atoms with E-state index in [-0.39, 0.29) is 29.5 Å². The Labute approximate surface area is 139 Å². The van der Waals surface area contributed by atoms with Gasteiger partial charge in [-0.15, -0.1) is 0 Å². The maximum atomic E-state index is 11.4. The molecule has 1 fully saturated rings. The monoisotopic (exact) mass is 320 g/mol. The number of benzene rings is 1. The molecule has 0 aromatic heterocycles. The number of esters is 1. The van der Waals surface area contributed by atoms with Crippen LogP contribution in [0, 0.1) is 11.3 Å². The van der Waals surface area contributed by atoms with E-state index in [0.717, 1.165) is 18.4 Å². The maximum absolute atomic E-state index is 11.4. The Morgan fingerprint density at radius 1 is 1.26 bits per heavy atom. The van der Waals surface area contributed by atoms with Gasteiger partial charge in [-0.1, -0.05) is 44.2 Å². The lowest BCUT2D eigenvalue weighted by Crippen LogP contribution is -2.50. The minimum Gasteiger partial charge on any atom is -0.462 e. The van der Waals surface area contributed by atoms with Crippen molar-refractivity contribution >= 4 is 5.97 Å². The van der Waals surface area contributed by atoms with Gasteiger partial charge in [-0.3, -0.25) is 4.79 Å². The second kappa shape index (κ2) is 7.93. The largest absolute Gasteiger partial charge is 0.462 e. The summed E-state index contributed by atoms with van der Waals surface area (Å²) in [5, 5.41) is 0. The van der Waals surface area contributed by atoms with Crippen LogP contribution in [0.1, 0.15) is 39.2 Å². The van der Waals surface area contributed by atoms with Crippen molar-refractivity contribution in [1.29, 1.82) is 0 Å². The highest BCUT2D eigenvalue weighted by Crippen LogP contribution is 2.42. The van der Waals surface area contributed by atoms with Crippen molar-refractivity contribution in [2.24, 2.45) is 11.3 Å². The molecule has 1 aromatic rings. The Bertz CT molecular complexity index is 497. The molecule has 128 valence electrons. The van der Waals surface area contributed by atoms with E-state index in [1.807, 2.05) is 30.3 Å². The molecule has 23 heavy (non-hydrogen) atoms. The molecule has 0 aliphatic heterocycles. The maximum Gasteiger partial charge on any atom is 0.302 e. The molecule has 4 heteroatoms. The van der Waals surface area contributed by atoms with Crippen LogP contribution in [0.25, 0.3) is 0 Å². The minimum atomic E-state index is -0.238. The highest BCUT2D eigenvalue weighted by Gasteiger charge is 2.45. The first-order chi connectivity index (χ1) is 10.9. The number of hydrogen-bond donors (Lipinski definition) is 0. The number of methoxy groups -OCH3 is 1. The zero-order chi connectivity index (χ0) is 16.9. The predicted octanol–water partition coefficient (Wildman–Crippen LogP) is 3.59. The molecule has 0 amide bonds. The van der Waals surface area contributed by atoms with Crippen molar-refractivity contribution in [2.45, 2.75) is 52.4 Å². The number of carbonyl (C=O) groups excluding carboxylic acids is 1. The first kappa shape index (κ1) is 18.0. The lowest BCUT2D eigenvalue weighted by molar-refractivity contribution is -0.172. The summed E-state index contributed by atoms with van der Waals surface area (Å²) >= 11 is 0. The fraction of sp³-hybridized carbons (Fsp3) is 0.632. The van der Waals surface area contributed by atoms with Crippen LogP contribution in [0.2, 0.25) is 0 Å². The fourth-order valence-electron chi connectivity index (χ4n) is 3.58. The molecule has 1 aliphatic rings. The van der Waals surface area contributed by atoms with Gasteiger partial charge in [-0.05, 0) is 23.8 Å². The summed E-state index contributed by atoms with van der Waals surface area (Å²) in [5.41, 5.74) is 1.19. The van der Waals surface area contributed by atoms with Crippen molar-refractivity contribution in [3.63, 3.8) is 0 Å². The van der Waals surface area contributed by atoms with Gasteiger partial charge in [0.2, 0.25) is 0 Å². The third-order valence-electron chi connectivity index (χ3n) is 4.70. The molecular weight excluding hydrogens is 292 g/mol. The molecule has 0 radical (unpaired) electrons. The number of carbonyl (C=O) groups is 1. The number of hydrogen-bond acceptors (Lipinski definition) is 4. The molecule has 1 saturated carbocycles. The van der Waals surface area contributed by atoms with Crippen LogP contribution in [0.4, 0.5) is 0 Å². The van der Waals surface area contributed by atoms with Gasteiger partial charge in [0, 0.05) is 20.0 Å². The van der Waals surface area contributed by atoms with Crippen LogP contribution in [0.5, 0.6) is 0 Å². The molecule has 4 nitrogen and oxygen atoms in total. The molecule has 1 aliphatic carbocycles. The topological polar surface area (TPSA) is 44.8 Å². The van der Waals surface area contributed by atoms with Gasteiger partial charge >= 0.3 is 5.97 Å². The first-order valence-corrected chi connectivity index (χ1v) is 8.25. The summed E-state index contributed by atoms with van der Waals surface area (Å²) in [4.78, 5) is 11.4. The van der Waals surface area contributed by atoms with Crippen LogP contribution in [0.3, 0.4) is 0 Å². The van der Waals surface area contributed by atoms with Gasteiger partial charge < -0.3 is 14.2 Å². The van der Waals surface area contributed by atoms with Gasteiger partial charge in [0.05, 0.1) is 19.3 Å². The van der Waals surface area contributed by atoms with E-state index in [9.17, 15) is 4.79 Å². The SMILES string of the molecule is COC1C(COCc2ccccc2)C(OC(C)=O)CCC1(C)C. The van der Waals surface area contributed by atoms with E-state index in [1.54, 1.807) is 7.11 Å². The molecule has 0 saturated heterocycles. The van der Waals surface area contributed by atoms with Crippen LogP contribution in [-0.4, -0.2) is 31.9 Å². The molecule has 3 unspecified atom stereocenters. The van der Waals surface area contributed by atoms with Gasteiger partial charge in [0.1, 0.15) is 6.10 Å². The third kappa shape index (κ3) is 4.79. The Morgan fingerprint density at radius 3 is 2.57 bits per heavy atom. The molecule has 0 heterocycles. The van der Waals surface area contributed by atoms with Gasteiger partial charge in [0.25, 0.3) is 0 Å². The normalized spacial score (nSPS) is 26.7. The first-order valence-electron chi connectivity index (χ1n) is 8.25. The minimum absolute atomic E-state index is 0.0105. The summed E-state index contributed by atoms with van der Waals surface area (Å²) in [6.07, 6.45) is 1.70. The molecule has 3 atom stereocenters. The Kier molecular flexibility index (Phi) is 6.19.